The Hall–Kier alpha value is -2.49. The van der Waals surface area contributed by atoms with Gasteiger partial charge in [0.1, 0.15) is 19.8 Å². The summed E-state index contributed by atoms with van der Waals surface area (Å²) in [7, 11) is 0. The van der Waals surface area contributed by atoms with Crippen LogP contribution in [-0.2, 0) is 28.4 Å². The summed E-state index contributed by atoms with van der Waals surface area (Å²) in [6.07, 6.45) is 2.45. The highest BCUT2D eigenvalue weighted by molar-refractivity contribution is 6.00. The number of carbonyl (C=O) groups is 3. The van der Waals surface area contributed by atoms with Crippen LogP contribution in [0.3, 0.4) is 0 Å². The van der Waals surface area contributed by atoms with Crippen molar-refractivity contribution < 1.29 is 42.8 Å². The lowest BCUT2D eigenvalue weighted by molar-refractivity contribution is -0.140. The average Bonchev–Trinajstić information content (AvgIpc) is 2.82. The second-order valence-electron chi connectivity index (χ2n) is 10.6. The summed E-state index contributed by atoms with van der Waals surface area (Å²) < 4.78 is 32.5. The first-order valence-electron chi connectivity index (χ1n) is 12.7. The summed E-state index contributed by atoms with van der Waals surface area (Å²) in [5.41, 5.74) is -0.280. The number of rotatable bonds is 12. The lowest BCUT2D eigenvalue weighted by Crippen LogP contribution is -2.46. The van der Waals surface area contributed by atoms with Gasteiger partial charge in [-0.2, -0.15) is 0 Å². The highest BCUT2D eigenvalue weighted by Gasteiger charge is 2.40. The van der Waals surface area contributed by atoms with E-state index in [0.29, 0.717) is 39.6 Å². The van der Waals surface area contributed by atoms with E-state index in [4.69, 9.17) is 28.4 Å². The third-order valence-corrected chi connectivity index (χ3v) is 7.87. The van der Waals surface area contributed by atoms with Gasteiger partial charge in [0.15, 0.2) is 0 Å². The van der Waals surface area contributed by atoms with E-state index >= 15 is 0 Å². The average molecular weight is 505 g/mol. The molecule has 3 heterocycles. The minimum absolute atomic E-state index is 0.0947. The number of benzene rings is 1. The van der Waals surface area contributed by atoms with Gasteiger partial charge < -0.3 is 28.4 Å². The number of esters is 3. The molecule has 0 bridgehead atoms. The van der Waals surface area contributed by atoms with Gasteiger partial charge >= 0.3 is 17.9 Å². The van der Waals surface area contributed by atoms with E-state index in [0.717, 1.165) is 19.3 Å². The lowest BCUT2D eigenvalue weighted by Gasteiger charge is -2.40. The van der Waals surface area contributed by atoms with E-state index in [9.17, 15) is 14.4 Å². The third-order valence-electron chi connectivity index (χ3n) is 7.87. The van der Waals surface area contributed by atoms with E-state index in [2.05, 4.69) is 0 Å². The Morgan fingerprint density at radius 3 is 1.00 bits per heavy atom. The Labute approximate surface area is 211 Å². The van der Waals surface area contributed by atoms with Gasteiger partial charge in [-0.15, -0.1) is 0 Å². The zero-order chi connectivity index (χ0) is 25.8. The molecule has 3 aliphatic rings. The van der Waals surface area contributed by atoms with Crippen LogP contribution in [0, 0.1) is 16.2 Å². The molecule has 9 nitrogen and oxygen atoms in total. The van der Waals surface area contributed by atoms with Gasteiger partial charge in [-0.25, -0.2) is 14.4 Å². The first-order chi connectivity index (χ1) is 17.3. The molecular formula is C27H36O9. The van der Waals surface area contributed by atoms with Crippen molar-refractivity contribution in [1.29, 1.82) is 0 Å². The maximum absolute atomic E-state index is 12.9. The molecule has 4 rings (SSSR count). The van der Waals surface area contributed by atoms with Crippen LogP contribution in [0.4, 0.5) is 0 Å². The van der Waals surface area contributed by atoms with Crippen molar-refractivity contribution >= 4 is 17.9 Å². The molecule has 3 fully saturated rings. The normalized spacial score (nSPS) is 20.8. The van der Waals surface area contributed by atoms with E-state index in [1.165, 1.54) is 18.2 Å². The van der Waals surface area contributed by atoms with Crippen LogP contribution in [-0.4, -0.2) is 77.4 Å². The number of ether oxygens (including phenoxy) is 6. The number of carbonyl (C=O) groups excluding carboxylic acids is 3. The Morgan fingerprint density at radius 2 is 0.833 bits per heavy atom. The van der Waals surface area contributed by atoms with Crippen molar-refractivity contribution in [2.24, 2.45) is 16.2 Å². The van der Waals surface area contributed by atoms with Crippen LogP contribution in [0.2, 0.25) is 0 Å². The second-order valence-corrected chi connectivity index (χ2v) is 10.6. The van der Waals surface area contributed by atoms with Crippen LogP contribution in [0.25, 0.3) is 0 Å². The zero-order valence-electron chi connectivity index (χ0n) is 21.4. The number of hydrogen-bond donors (Lipinski definition) is 0. The fraction of sp³-hybridized carbons (Fsp3) is 0.667. The van der Waals surface area contributed by atoms with Crippen molar-refractivity contribution in [3.05, 3.63) is 34.9 Å². The summed E-state index contributed by atoms with van der Waals surface area (Å²) in [5, 5.41) is 0. The van der Waals surface area contributed by atoms with Crippen molar-refractivity contribution in [3.8, 4) is 0 Å². The quantitative estimate of drug-likeness (QED) is 0.312. The summed E-state index contributed by atoms with van der Waals surface area (Å²) in [4.78, 5) is 38.8. The molecule has 36 heavy (non-hydrogen) atoms. The Kier molecular flexibility index (Phi) is 8.02. The molecule has 3 aliphatic heterocycles. The van der Waals surface area contributed by atoms with Crippen LogP contribution in [0.15, 0.2) is 18.2 Å². The monoisotopic (exact) mass is 504 g/mol. The smallest absolute Gasteiger partial charge is 0.338 e. The van der Waals surface area contributed by atoms with E-state index in [-0.39, 0.29) is 52.8 Å². The van der Waals surface area contributed by atoms with Crippen molar-refractivity contribution in [3.63, 3.8) is 0 Å². The Balaban J connectivity index is 1.50. The maximum Gasteiger partial charge on any atom is 0.338 e. The molecule has 0 radical (unpaired) electrons. The van der Waals surface area contributed by atoms with Gasteiger partial charge in [0.2, 0.25) is 0 Å². The van der Waals surface area contributed by atoms with E-state index in [1.807, 2.05) is 20.8 Å². The van der Waals surface area contributed by atoms with Gasteiger partial charge in [0.25, 0.3) is 0 Å². The predicted octanol–water partition coefficient (Wildman–Crippen LogP) is 3.44. The lowest BCUT2D eigenvalue weighted by atomic mass is 9.84. The summed E-state index contributed by atoms with van der Waals surface area (Å²) in [6.45, 7) is 9.88. The molecule has 0 saturated carbocycles. The van der Waals surface area contributed by atoms with Crippen LogP contribution >= 0.6 is 0 Å². The molecule has 0 N–H and O–H groups in total. The van der Waals surface area contributed by atoms with Crippen molar-refractivity contribution in [2.45, 2.75) is 40.0 Å². The topological polar surface area (TPSA) is 107 Å². The molecule has 0 atom stereocenters. The van der Waals surface area contributed by atoms with Gasteiger partial charge in [-0.05, 0) is 37.5 Å². The second kappa shape index (κ2) is 10.9. The maximum atomic E-state index is 12.9. The Morgan fingerprint density at radius 1 is 0.583 bits per heavy atom. The summed E-state index contributed by atoms with van der Waals surface area (Å²) in [6, 6.07) is 4.21. The van der Waals surface area contributed by atoms with Crippen molar-refractivity contribution in [1.82, 2.24) is 0 Å². The van der Waals surface area contributed by atoms with Crippen LogP contribution in [0.5, 0.6) is 0 Å². The van der Waals surface area contributed by atoms with Crippen molar-refractivity contribution in [2.75, 3.05) is 59.5 Å². The SMILES string of the molecule is CCC1(COC(=O)c2cc(C(=O)OCC3(CC)COC3)cc(C(=O)OCC3(CC)COC3)c2)COC1. The fourth-order valence-electron chi connectivity index (χ4n) is 4.23. The van der Waals surface area contributed by atoms with Gasteiger partial charge in [-0.3, -0.25) is 0 Å². The standard InChI is InChI=1S/C27H36O9/c1-4-25(10-31-11-25)16-34-22(28)19-7-20(23(29)35-17-26(5-2)12-32-13-26)9-21(8-19)24(30)36-18-27(6-3)14-33-15-27/h7-9H,4-6,10-18H2,1-3H3. The zero-order valence-corrected chi connectivity index (χ0v) is 21.4. The molecule has 0 spiro atoms. The van der Waals surface area contributed by atoms with Crippen LogP contribution < -0.4 is 0 Å². The highest BCUT2D eigenvalue weighted by atomic mass is 16.6. The third kappa shape index (κ3) is 5.58. The molecule has 0 amide bonds. The molecule has 1 aromatic rings. The highest BCUT2D eigenvalue weighted by Crippen LogP contribution is 2.34. The molecule has 3 saturated heterocycles. The number of hydrogen-bond acceptors (Lipinski definition) is 9. The van der Waals surface area contributed by atoms with Gasteiger partial charge in [0.05, 0.1) is 72.6 Å². The minimum atomic E-state index is -0.617. The van der Waals surface area contributed by atoms with Crippen LogP contribution in [0.1, 0.15) is 71.1 Å². The van der Waals surface area contributed by atoms with E-state index < -0.39 is 17.9 Å². The van der Waals surface area contributed by atoms with Gasteiger partial charge in [-0.1, -0.05) is 20.8 Å². The molecule has 0 aliphatic carbocycles. The first kappa shape index (κ1) is 26.6. The largest absolute Gasteiger partial charge is 0.461 e. The summed E-state index contributed by atoms with van der Waals surface area (Å²) >= 11 is 0. The van der Waals surface area contributed by atoms with Gasteiger partial charge in [0, 0.05) is 0 Å². The minimum Gasteiger partial charge on any atom is -0.461 e. The molecule has 0 aromatic heterocycles. The molecule has 0 unspecified atom stereocenters. The van der Waals surface area contributed by atoms with E-state index in [1.54, 1.807) is 0 Å². The predicted molar refractivity (Wildman–Crippen MR) is 128 cm³/mol. The molecule has 1 aromatic carbocycles. The molecular weight excluding hydrogens is 468 g/mol. The molecule has 198 valence electrons. The molecule has 9 heteroatoms. The Bertz CT molecular complexity index is 821. The first-order valence-corrected chi connectivity index (χ1v) is 12.7. The summed E-state index contributed by atoms with van der Waals surface area (Å²) in [5.74, 6) is -1.85. The fourth-order valence-corrected chi connectivity index (χ4v) is 4.23.